The van der Waals surface area contributed by atoms with Crippen LogP contribution < -0.4 is 4.74 Å². The standard InChI is InChI=1S/C23H29FN2O4/c1-17(15-27)25-12-21(30-16-19-5-3-4-6-22(19)24)13-26(23(28)14-25)11-18-7-9-20(29-2)10-8-18/h3-10,17,21,27H,11-16H2,1-2H3. The summed E-state index contributed by atoms with van der Waals surface area (Å²) in [4.78, 5) is 16.6. The normalized spacial score (nSPS) is 18.9. The monoisotopic (exact) mass is 416 g/mol. The number of rotatable bonds is 8. The molecule has 3 rings (SSSR count). The lowest BCUT2D eigenvalue weighted by molar-refractivity contribution is -0.132. The Labute approximate surface area is 176 Å². The van der Waals surface area contributed by atoms with Gasteiger partial charge in [0.25, 0.3) is 0 Å². The number of methoxy groups -OCH3 is 1. The molecule has 0 aliphatic carbocycles. The lowest BCUT2D eigenvalue weighted by atomic mass is 10.2. The van der Waals surface area contributed by atoms with Crippen molar-refractivity contribution in [2.24, 2.45) is 0 Å². The summed E-state index contributed by atoms with van der Waals surface area (Å²) in [5.74, 6) is 0.427. The first kappa shape index (κ1) is 22.2. The Morgan fingerprint density at radius 2 is 1.90 bits per heavy atom. The summed E-state index contributed by atoms with van der Waals surface area (Å²) in [5.41, 5.74) is 1.47. The first-order valence-electron chi connectivity index (χ1n) is 10.1. The number of nitrogens with zero attached hydrogens (tertiary/aromatic N) is 2. The maximum Gasteiger partial charge on any atom is 0.237 e. The van der Waals surface area contributed by atoms with Gasteiger partial charge >= 0.3 is 0 Å². The van der Waals surface area contributed by atoms with E-state index in [0.29, 0.717) is 25.2 Å². The predicted molar refractivity (Wildman–Crippen MR) is 112 cm³/mol. The highest BCUT2D eigenvalue weighted by Crippen LogP contribution is 2.18. The molecule has 0 spiro atoms. The highest BCUT2D eigenvalue weighted by molar-refractivity contribution is 5.78. The molecule has 1 aliphatic rings. The Hall–Kier alpha value is -2.48. The van der Waals surface area contributed by atoms with Gasteiger partial charge in [-0.3, -0.25) is 9.69 Å². The predicted octanol–water partition coefficient (Wildman–Crippen LogP) is 2.44. The van der Waals surface area contributed by atoms with Gasteiger partial charge in [-0.15, -0.1) is 0 Å². The van der Waals surface area contributed by atoms with Crippen LogP contribution >= 0.6 is 0 Å². The van der Waals surface area contributed by atoms with E-state index in [1.54, 1.807) is 30.2 Å². The second-order valence-electron chi connectivity index (χ2n) is 7.61. The third-order valence-corrected chi connectivity index (χ3v) is 5.41. The Morgan fingerprint density at radius 1 is 1.17 bits per heavy atom. The van der Waals surface area contributed by atoms with E-state index < -0.39 is 0 Å². The minimum atomic E-state index is -0.308. The SMILES string of the molecule is COc1ccc(CN2CC(OCc3ccccc3F)CN(C(C)CO)CC2=O)cc1. The van der Waals surface area contributed by atoms with Gasteiger partial charge in [-0.2, -0.15) is 0 Å². The van der Waals surface area contributed by atoms with Crippen LogP contribution in [0.2, 0.25) is 0 Å². The molecular formula is C23H29FN2O4. The molecule has 2 aromatic carbocycles. The smallest absolute Gasteiger partial charge is 0.237 e. The minimum absolute atomic E-state index is 0.0249. The van der Waals surface area contributed by atoms with Crippen molar-refractivity contribution in [1.82, 2.24) is 9.80 Å². The zero-order valence-electron chi connectivity index (χ0n) is 17.5. The van der Waals surface area contributed by atoms with Gasteiger partial charge in [0.15, 0.2) is 0 Å². The number of halogens is 1. The van der Waals surface area contributed by atoms with E-state index in [9.17, 15) is 14.3 Å². The van der Waals surface area contributed by atoms with Gasteiger partial charge in [0, 0.05) is 31.2 Å². The number of ether oxygens (including phenoxy) is 2. The molecule has 2 aromatic rings. The zero-order valence-corrected chi connectivity index (χ0v) is 17.5. The largest absolute Gasteiger partial charge is 0.497 e. The van der Waals surface area contributed by atoms with Gasteiger partial charge in [0.2, 0.25) is 5.91 Å². The number of hydrogen-bond donors (Lipinski definition) is 1. The molecule has 1 N–H and O–H groups in total. The number of amides is 1. The second kappa shape index (κ2) is 10.5. The molecule has 6 nitrogen and oxygen atoms in total. The summed E-state index contributed by atoms with van der Waals surface area (Å²) in [6, 6.07) is 13.9. The van der Waals surface area contributed by atoms with Gasteiger partial charge < -0.3 is 19.5 Å². The topological polar surface area (TPSA) is 62.2 Å². The first-order valence-corrected chi connectivity index (χ1v) is 10.1. The number of hydrogen-bond acceptors (Lipinski definition) is 5. The first-order chi connectivity index (χ1) is 14.5. The summed E-state index contributed by atoms with van der Waals surface area (Å²) < 4.78 is 25.2. The number of aliphatic hydroxyl groups is 1. The van der Waals surface area contributed by atoms with Gasteiger partial charge in [-0.25, -0.2) is 4.39 Å². The Bertz CT molecular complexity index is 830. The molecule has 30 heavy (non-hydrogen) atoms. The molecule has 1 amide bonds. The van der Waals surface area contributed by atoms with E-state index in [-0.39, 0.29) is 43.6 Å². The number of benzene rings is 2. The lowest BCUT2D eigenvalue weighted by Gasteiger charge is -2.27. The highest BCUT2D eigenvalue weighted by Gasteiger charge is 2.30. The molecule has 0 aromatic heterocycles. The lowest BCUT2D eigenvalue weighted by Crippen LogP contribution is -2.42. The van der Waals surface area contributed by atoms with E-state index >= 15 is 0 Å². The second-order valence-corrected chi connectivity index (χ2v) is 7.61. The van der Waals surface area contributed by atoms with Crippen LogP contribution in [0.5, 0.6) is 5.75 Å². The molecule has 162 valence electrons. The number of carbonyl (C=O) groups is 1. The van der Waals surface area contributed by atoms with Crippen LogP contribution in [0.3, 0.4) is 0 Å². The van der Waals surface area contributed by atoms with Crippen molar-refractivity contribution in [3.05, 3.63) is 65.5 Å². The molecule has 0 saturated carbocycles. The average Bonchev–Trinajstić information content (AvgIpc) is 2.92. The summed E-state index contributed by atoms with van der Waals surface area (Å²) in [7, 11) is 1.61. The summed E-state index contributed by atoms with van der Waals surface area (Å²) >= 11 is 0. The van der Waals surface area contributed by atoms with Crippen LogP contribution in [0.25, 0.3) is 0 Å². The Kier molecular flexibility index (Phi) is 7.79. The quantitative estimate of drug-likeness (QED) is 0.716. The maximum atomic E-state index is 14.0. The van der Waals surface area contributed by atoms with Crippen molar-refractivity contribution in [2.75, 3.05) is 33.4 Å². The van der Waals surface area contributed by atoms with Crippen molar-refractivity contribution >= 4 is 5.91 Å². The highest BCUT2D eigenvalue weighted by atomic mass is 19.1. The van der Waals surface area contributed by atoms with Gasteiger partial charge in [0.05, 0.1) is 33.0 Å². The van der Waals surface area contributed by atoms with E-state index in [1.807, 2.05) is 36.1 Å². The van der Waals surface area contributed by atoms with Crippen molar-refractivity contribution in [1.29, 1.82) is 0 Å². The minimum Gasteiger partial charge on any atom is -0.497 e. The molecule has 0 radical (unpaired) electrons. The average molecular weight is 416 g/mol. The molecule has 1 heterocycles. The van der Waals surface area contributed by atoms with E-state index in [4.69, 9.17) is 9.47 Å². The van der Waals surface area contributed by atoms with Gasteiger partial charge in [-0.1, -0.05) is 30.3 Å². The van der Waals surface area contributed by atoms with Crippen LogP contribution in [0.4, 0.5) is 4.39 Å². The third-order valence-electron chi connectivity index (χ3n) is 5.41. The summed E-state index contributed by atoms with van der Waals surface area (Å²) in [5, 5.41) is 9.58. The Balaban J connectivity index is 1.73. The molecule has 1 fully saturated rings. The maximum absolute atomic E-state index is 14.0. The van der Waals surface area contributed by atoms with Crippen molar-refractivity contribution in [2.45, 2.75) is 32.2 Å². The molecule has 1 aliphatic heterocycles. The van der Waals surface area contributed by atoms with E-state index in [0.717, 1.165) is 11.3 Å². The molecule has 2 unspecified atom stereocenters. The fourth-order valence-corrected chi connectivity index (χ4v) is 3.49. The van der Waals surface area contributed by atoms with Gasteiger partial charge in [-0.05, 0) is 30.7 Å². The van der Waals surface area contributed by atoms with Crippen LogP contribution in [0.15, 0.2) is 48.5 Å². The zero-order chi connectivity index (χ0) is 21.5. The third kappa shape index (κ3) is 5.78. The molecular weight excluding hydrogens is 387 g/mol. The number of aliphatic hydroxyl groups excluding tert-OH is 1. The van der Waals surface area contributed by atoms with Crippen molar-refractivity contribution in [3.63, 3.8) is 0 Å². The number of carbonyl (C=O) groups excluding carboxylic acids is 1. The summed E-state index contributed by atoms with van der Waals surface area (Å²) in [6.07, 6.45) is -0.302. The van der Waals surface area contributed by atoms with Crippen LogP contribution in [-0.4, -0.2) is 66.3 Å². The van der Waals surface area contributed by atoms with E-state index in [2.05, 4.69) is 0 Å². The van der Waals surface area contributed by atoms with E-state index in [1.165, 1.54) is 6.07 Å². The fraction of sp³-hybridized carbons (Fsp3) is 0.435. The van der Waals surface area contributed by atoms with Crippen LogP contribution in [0, 0.1) is 5.82 Å². The van der Waals surface area contributed by atoms with Crippen molar-refractivity contribution in [3.8, 4) is 5.75 Å². The molecule has 7 heteroatoms. The Morgan fingerprint density at radius 3 is 2.57 bits per heavy atom. The molecule has 1 saturated heterocycles. The van der Waals surface area contributed by atoms with Crippen molar-refractivity contribution < 1.29 is 23.8 Å². The molecule has 2 atom stereocenters. The fourth-order valence-electron chi connectivity index (χ4n) is 3.49. The summed E-state index contributed by atoms with van der Waals surface area (Å²) in [6.45, 7) is 3.49. The van der Waals surface area contributed by atoms with Crippen LogP contribution in [0.1, 0.15) is 18.1 Å². The molecule has 0 bridgehead atoms. The van der Waals surface area contributed by atoms with Gasteiger partial charge in [0.1, 0.15) is 11.6 Å². The van der Waals surface area contributed by atoms with Crippen LogP contribution in [-0.2, 0) is 22.7 Å².